The van der Waals surface area contributed by atoms with Gasteiger partial charge < -0.3 is 23.0 Å². The predicted octanol–water partition coefficient (Wildman–Crippen LogP) is 8.23. The SMILES string of the molecule is CO/N=C(/CO[Si](C)(C)C)[C@@]1(O[Si](C)(C)C)CC[C@H]2[C@@H]3CCC4=C/C(=N/OC)CC[C@]4(C)[C@H]3[C@@H](O[Si](C)(C)C)C[C@@]21C. The molecule has 4 rings (SSSR count). The highest BCUT2D eigenvalue weighted by Crippen LogP contribution is 2.69. The van der Waals surface area contributed by atoms with Crippen LogP contribution in [-0.4, -0.2) is 68.9 Å². The lowest BCUT2D eigenvalue weighted by Crippen LogP contribution is -2.65. The van der Waals surface area contributed by atoms with E-state index in [0.717, 1.165) is 49.9 Å². The summed E-state index contributed by atoms with van der Waals surface area (Å²) in [5.74, 6) is 1.58. The maximum absolute atomic E-state index is 7.45. The van der Waals surface area contributed by atoms with Crippen molar-refractivity contribution in [1.29, 1.82) is 0 Å². The van der Waals surface area contributed by atoms with Gasteiger partial charge in [0.1, 0.15) is 25.5 Å². The number of nitrogens with zero attached hydrogens (tertiary/aromatic N) is 2. The van der Waals surface area contributed by atoms with Crippen LogP contribution < -0.4 is 0 Å². The summed E-state index contributed by atoms with van der Waals surface area (Å²) in [6.07, 6.45) is 9.97. The Labute approximate surface area is 259 Å². The molecule has 7 atom stereocenters. The molecule has 0 aromatic heterocycles. The van der Waals surface area contributed by atoms with E-state index in [0.29, 0.717) is 24.4 Å². The van der Waals surface area contributed by atoms with Crippen molar-refractivity contribution in [2.24, 2.45) is 38.9 Å². The summed E-state index contributed by atoms with van der Waals surface area (Å²) in [5.41, 5.74) is 3.03. The van der Waals surface area contributed by atoms with Gasteiger partial charge in [0.05, 0.1) is 12.3 Å². The second-order valence-electron chi connectivity index (χ2n) is 16.8. The number of oxime groups is 2. The van der Waals surface area contributed by atoms with Gasteiger partial charge in [-0.3, -0.25) is 0 Å². The van der Waals surface area contributed by atoms with Gasteiger partial charge in [-0.1, -0.05) is 29.7 Å². The Morgan fingerprint density at radius 2 is 1.57 bits per heavy atom. The molecule has 10 heteroatoms. The molecule has 0 unspecified atom stereocenters. The normalized spacial score (nSPS) is 38.5. The molecular formula is C32H60N2O5Si3. The third-order valence-electron chi connectivity index (χ3n) is 10.5. The van der Waals surface area contributed by atoms with Gasteiger partial charge in [-0.2, -0.15) is 0 Å². The van der Waals surface area contributed by atoms with Crippen LogP contribution in [0.1, 0.15) is 58.8 Å². The molecule has 42 heavy (non-hydrogen) atoms. The van der Waals surface area contributed by atoms with Crippen LogP contribution in [0.3, 0.4) is 0 Å². The molecule has 0 aromatic rings. The molecule has 0 aromatic carbocycles. The maximum atomic E-state index is 7.45. The topological polar surface area (TPSA) is 70.9 Å². The van der Waals surface area contributed by atoms with E-state index >= 15 is 0 Å². The fourth-order valence-corrected chi connectivity index (χ4v) is 12.4. The minimum Gasteiger partial charge on any atom is -0.414 e. The van der Waals surface area contributed by atoms with E-state index < -0.39 is 30.6 Å². The minimum absolute atomic E-state index is 0.108. The number of hydrogen-bond donors (Lipinski definition) is 0. The maximum Gasteiger partial charge on any atom is 0.185 e. The summed E-state index contributed by atoms with van der Waals surface area (Å²) in [4.78, 5) is 10.8. The summed E-state index contributed by atoms with van der Waals surface area (Å²) in [6, 6.07) is 0. The first kappa shape index (κ1) is 34.1. The van der Waals surface area contributed by atoms with Crippen molar-refractivity contribution in [3.8, 4) is 0 Å². The number of rotatable bonds is 10. The Hall–Kier alpha value is -0.789. The average molecular weight is 637 g/mol. The smallest absolute Gasteiger partial charge is 0.185 e. The first-order chi connectivity index (χ1) is 19.3. The highest BCUT2D eigenvalue weighted by molar-refractivity contribution is 6.70. The van der Waals surface area contributed by atoms with Crippen LogP contribution in [0.4, 0.5) is 0 Å². The average Bonchev–Trinajstić information content (AvgIpc) is 3.11. The lowest BCUT2D eigenvalue weighted by molar-refractivity contribution is -0.142. The third-order valence-corrected chi connectivity index (χ3v) is 13.5. The zero-order valence-corrected chi connectivity index (χ0v) is 32.0. The molecule has 0 amide bonds. The first-order valence-electron chi connectivity index (χ1n) is 16.2. The molecule has 3 fully saturated rings. The van der Waals surface area contributed by atoms with Gasteiger partial charge in [-0.15, -0.1) is 0 Å². The van der Waals surface area contributed by atoms with Gasteiger partial charge in [0.2, 0.25) is 0 Å². The zero-order chi connectivity index (χ0) is 31.4. The van der Waals surface area contributed by atoms with E-state index in [4.69, 9.17) is 28.1 Å². The fraction of sp³-hybridized carbons (Fsp3) is 0.875. The van der Waals surface area contributed by atoms with Crippen LogP contribution in [0.15, 0.2) is 22.0 Å². The largest absolute Gasteiger partial charge is 0.414 e. The second-order valence-corrected chi connectivity index (χ2v) is 30.2. The molecule has 4 aliphatic carbocycles. The van der Waals surface area contributed by atoms with Gasteiger partial charge in [0.15, 0.2) is 25.0 Å². The van der Waals surface area contributed by atoms with Crippen LogP contribution in [-0.2, 0) is 23.0 Å². The highest BCUT2D eigenvalue weighted by Gasteiger charge is 2.69. The number of fused-ring (bicyclic) bond motifs is 5. The summed E-state index contributed by atoms with van der Waals surface area (Å²) in [7, 11) is -2.34. The van der Waals surface area contributed by atoms with Gasteiger partial charge in [0.25, 0.3) is 0 Å². The number of hydrogen-bond acceptors (Lipinski definition) is 7. The lowest BCUT2D eigenvalue weighted by atomic mass is 9.45. The molecule has 0 radical (unpaired) electrons. The van der Waals surface area contributed by atoms with Crippen molar-refractivity contribution >= 4 is 36.4 Å². The quantitative estimate of drug-likeness (QED) is 0.137. The summed E-state index contributed by atoms with van der Waals surface area (Å²) < 4.78 is 21.3. The minimum atomic E-state index is -2.00. The van der Waals surface area contributed by atoms with Gasteiger partial charge in [0, 0.05) is 11.5 Å². The molecule has 0 N–H and O–H groups in total. The van der Waals surface area contributed by atoms with Crippen molar-refractivity contribution in [2.75, 3.05) is 20.8 Å². The molecular weight excluding hydrogens is 577 g/mol. The van der Waals surface area contributed by atoms with E-state index in [9.17, 15) is 0 Å². The molecule has 0 saturated heterocycles. The Morgan fingerprint density at radius 3 is 2.14 bits per heavy atom. The van der Waals surface area contributed by atoms with Gasteiger partial charge in [-0.25, -0.2) is 0 Å². The summed E-state index contributed by atoms with van der Waals surface area (Å²) in [5, 5.41) is 9.10. The zero-order valence-electron chi connectivity index (χ0n) is 29.0. The molecule has 0 bridgehead atoms. The van der Waals surface area contributed by atoms with Gasteiger partial charge in [-0.05, 0) is 133 Å². The van der Waals surface area contributed by atoms with E-state index in [-0.39, 0.29) is 16.9 Å². The van der Waals surface area contributed by atoms with Crippen LogP contribution in [0.5, 0.6) is 0 Å². The second kappa shape index (κ2) is 11.9. The van der Waals surface area contributed by atoms with Crippen molar-refractivity contribution in [3.05, 3.63) is 11.6 Å². The Bertz CT molecular complexity index is 1090. The van der Waals surface area contributed by atoms with Crippen molar-refractivity contribution in [2.45, 2.75) is 129 Å². The molecule has 0 aliphatic heterocycles. The summed E-state index contributed by atoms with van der Waals surface area (Å²) >= 11 is 0. The van der Waals surface area contributed by atoms with Crippen molar-refractivity contribution < 1.29 is 23.0 Å². The van der Waals surface area contributed by atoms with E-state index in [1.807, 2.05) is 0 Å². The van der Waals surface area contributed by atoms with E-state index in [2.05, 4.69) is 84.0 Å². The van der Waals surface area contributed by atoms with Crippen LogP contribution in [0.2, 0.25) is 58.9 Å². The van der Waals surface area contributed by atoms with Crippen molar-refractivity contribution in [3.63, 3.8) is 0 Å². The van der Waals surface area contributed by atoms with Crippen LogP contribution in [0.25, 0.3) is 0 Å². The van der Waals surface area contributed by atoms with Gasteiger partial charge >= 0.3 is 0 Å². The molecule has 0 heterocycles. The first-order valence-corrected chi connectivity index (χ1v) is 26.4. The predicted molar refractivity (Wildman–Crippen MR) is 181 cm³/mol. The fourth-order valence-electron chi connectivity index (χ4n) is 9.24. The van der Waals surface area contributed by atoms with Crippen molar-refractivity contribution in [1.82, 2.24) is 0 Å². The monoisotopic (exact) mass is 636 g/mol. The van der Waals surface area contributed by atoms with Crippen LogP contribution in [0, 0.1) is 28.6 Å². The Morgan fingerprint density at radius 1 is 0.881 bits per heavy atom. The third kappa shape index (κ3) is 6.59. The number of allylic oxidation sites excluding steroid dienone is 2. The molecule has 4 aliphatic rings. The molecule has 7 nitrogen and oxygen atoms in total. The van der Waals surface area contributed by atoms with Crippen LogP contribution >= 0.6 is 0 Å². The summed E-state index contributed by atoms with van der Waals surface area (Å²) in [6.45, 7) is 26.2. The standard InChI is InChI=1S/C32H60N2O5Si3/c1-30-18-16-24(33-35-3)20-23(30)14-15-25-26-17-19-32(39-42(11,12)13,28(34-36-4)22-37-40(5,6)7)31(26,2)21-27(29(25)30)38-41(8,9)10/h20,25-27,29H,14-19,21-22H2,1-13H3/b33-24+,34-28-/t25-,26-,27-,29+,30-,31-,32-/m0/s1. The Kier molecular flexibility index (Phi) is 9.62. The highest BCUT2D eigenvalue weighted by atomic mass is 28.4. The van der Waals surface area contributed by atoms with E-state index in [1.165, 1.54) is 6.42 Å². The lowest BCUT2D eigenvalue weighted by Gasteiger charge is -2.63. The molecule has 0 spiro atoms. The molecule has 3 saturated carbocycles. The Balaban J connectivity index is 1.85. The molecule has 240 valence electrons. The van der Waals surface area contributed by atoms with E-state index in [1.54, 1.807) is 19.8 Å².